The summed E-state index contributed by atoms with van der Waals surface area (Å²) in [6, 6.07) is 0. The fourth-order valence-corrected chi connectivity index (χ4v) is 2.41. The third kappa shape index (κ3) is 7.70. The van der Waals surface area contributed by atoms with Crippen molar-refractivity contribution in [2.45, 2.75) is 32.6 Å². The first-order valence-corrected chi connectivity index (χ1v) is 7.97. The van der Waals surface area contributed by atoms with Gasteiger partial charge in [0.15, 0.2) is 5.96 Å². The standard InChI is InChI=1S/C15H32N4O/c1-4-20-12-6-5-9-17-15(16-2)18-13-14-7-10-19(3)11-8-14/h14H,4-13H2,1-3H3,(H2,16,17,18). The third-order valence-corrected chi connectivity index (χ3v) is 3.83. The number of ether oxygens (including phenoxy) is 1. The van der Waals surface area contributed by atoms with Gasteiger partial charge in [0.1, 0.15) is 0 Å². The number of unbranched alkanes of at least 4 members (excludes halogenated alkanes) is 1. The summed E-state index contributed by atoms with van der Waals surface area (Å²) >= 11 is 0. The predicted octanol–water partition coefficient (Wildman–Crippen LogP) is 1.31. The lowest BCUT2D eigenvalue weighted by Gasteiger charge is -2.29. The Bertz CT molecular complexity index is 263. The molecule has 0 aromatic carbocycles. The summed E-state index contributed by atoms with van der Waals surface area (Å²) in [5, 5.41) is 6.81. The average Bonchev–Trinajstić information content (AvgIpc) is 2.47. The Kier molecular flexibility index (Phi) is 9.41. The van der Waals surface area contributed by atoms with Gasteiger partial charge in [-0.1, -0.05) is 0 Å². The predicted molar refractivity (Wildman–Crippen MR) is 85.3 cm³/mol. The van der Waals surface area contributed by atoms with E-state index in [1.54, 1.807) is 0 Å². The van der Waals surface area contributed by atoms with E-state index in [9.17, 15) is 0 Å². The minimum atomic E-state index is 0.780. The molecule has 0 aromatic rings. The number of guanidine groups is 1. The molecule has 118 valence electrons. The minimum absolute atomic E-state index is 0.780. The molecular weight excluding hydrogens is 252 g/mol. The lowest BCUT2D eigenvalue weighted by atomic mass is 9.97. The van der Waals surface area contributed by atoms with Crippen molar-refractivity contribution in [3.8, 4) is 0 Å². The number of hydrogen-bond donors (Lipinski definition) is 2. The van der Waals surface area contributed by atoms with Gasteiger partial charge in [-0.05, 0) is 58.7 Å². The highest BCUT2D eigenvalue weighted by Gasteiger charge is 2.16. The van der Waals surface area contributed by atoms with E-state index in [0.717, 1.165) is 51.0 Å². The number of nitrogens with one attached hydrogen (secondary N) is 2. The molecule has 1 rings (SSSR count). The maximum atomic E-state index is 5.32. The number of likely N-dealkylation sites (tertiary alicyclic amines) is 1. The van der Waals surface area contributed by atoms with Gasteiger partial charge in [-0.15, -0.1) is 0 Å². The molecule has 0 bridgehead atoms. The van der Waals surface area contributed by atoms with Gasteiger partial charge >= 0.3 is 0 Å². The second kappa shape index (κ2) is 10.9. The highest BCUT2D eigenvalue weighted by molar-refractivity contribution is 5.79. The monoisotopic (exact) mass is 284 g/mol. The summed E-state index contributed by atoms with van der Waals surface area (Å²) in [6.07, 6.45) is 4.80. The summed E-state index contributed by atoms with van der Waals surface area (Å²) in [7, 11) is 4.04. The second-order valence-electron chi connectivity index (χ2n) is 5.53. The quantitative estimate of drug-likeness (QED) is 0.401. The van der Waals surface area contributed by atoms with Crippen LogP contribution in [0.4, 0.5) is 0 Å². The summed E-state index contributed by atoms with van der Waals surface area (Å²) in [5.74, 6) is 1.71. The number of rotatable bonds is 8. The molecule has 0 aliphatic carbocycles. The molecule has 0 saturated carbocycles. The van der Waals surface area contributed by atoms with Crippen molar-refractivity contribution in [2.24, 2.45) is 10.9 Å². The van der Waals surface area contributed by atoms with Crippen LogP contribution >= 0.6 is 0 Å². The van der Waals surface area contributed by atoms with Crippen LogP contribution in [0, 0.1) is 5.92 Å². The van der Waals surface area contributed by atoms with E-state index in [4.69, 9.17) is 4.74 Å². The summed E-state index contributed by atoms with van der Waals surface area (Å²) in [4.78, 5) is 6.68. The fourth-order valence-electron chi connectivity index (χ4n) is 2.41. The molecule has 0 atom stereocenters. The van der Waals surface area contributed by atoms with Crippen LogP contribution in [-0.2, 0) is 4.74 Å². The zero-order chi connectivity index (χ0) is 14.6. The van der Waals surface area contributed by atoms with Crippen molar-refractivity contribution < 1.29 is 4.74 Å². The molecule has 1 aliphatic heterocycles. The van der Waals surface area contributed by atoms with E-state index < -0.39 is 0 Å². The molecule has 0 unspecified atom stereocenters. The van der Waals surface area contributed by atoms with Crippen LogP contribution in [0.15, 0.2) is 4.99 Å². The summed E-state index contributed by atoms with van der Waals surface area (Å²) in [5.41, 5.74) is 0. The van der Waals surface area contributed by atoms with E-state index >= 15 is 0 Å². The average molecular weight is 284 g/mol. The van der Waals surface area contributed by atoms with Gasteiger partial charge in [-0.25, -0.2) is 0 Å². The van der Waals surface area contributed by atoms with Crippen molar-refractivity contribution in [1.82, 2.24) is 15.5 Å². The lowest BCUT2D eigenvalue weighted by Crippen LogP contribution is -2.42. The summed E-state index contributed by atoms with van der Waals surface area (Å²) in [6.45, 7) is 8.14. The number of hydrogen-bond acceptors (Lipinski definition) is 3. The first-order valence-electron chi connectivity index (χ1n) is 7.97. The van der Waals surface area contributed by atoms with Gasteiger partial charge in [0.25, 0.3) is 0 Å². The van der Waals surface area contributed by atoms with Crippen molar-refractivity contribution in [2.75, 3.05) is 53.5 Å². The first-order chi connectivity index (χ1) is 9.76. The van der Waals surface area contributed by atoms with Gasteiger partial charge < -0.3 is 20.3 Å². The molecule has 5 heteroatoms. The van der Waals surface area contributed by atoms with Crippen molar-refractivity contribution in [3.05, 3.63) is 0 Å². The molecule has 0 amide bonds. The molecule has 2 N–H and O–H groups in total. The van der Waals surface area contributed by atoms with Crippen molar-refractivity contribution >= 4 is 5.96 Å². The molecule has 1 heterocycles. The Morgan fingerprint density at radius 3 is 2.65 bits per heavy atom. The van der Waals surface area contributed by atoms with Crippen LogP contribution in [0.2, 0.25) is 0 Å². The number of nitrogens with zero attached hydrogens (tertiary/aromatic N) is 2. The topological polar surface area (TPSA) is 48.9 Å². The van der Waals surface area contributed by atoms with Gasteiger partial charge in [-0.2, -0.15) is 0 Å². The van der Waals surface area contributed by atoms with Gasteiger partial charge in [0, 0.05) is 33.4 Å². The molecule has 5 nitrogen and oxygen atoms in total. The minimum Gasteiger partial charge on any atom is -0.382 e. The Morgan fingerprint density at radius 1 is 1.25 bits per heavy atom. The van der Waals surface area contributed by atoms with Crippen molar-refractivity contribution in [3.63, 3.8) is 0 Å². The number of piperidine rings is 1. The molecule has 1 fully saturated rings. The van der Waals surface area contributed by atoms with Crippen LogP contribution in [-0.4, -0.2) is 64.3 Å². The zero-order valence-corrected chi connectivity index (χ0v) is 13.5. The van der Waals surface area contributed by atoms with Crippen LogP contribution in [0.1, 0.15) is 32.6 Å². The molecule has 20 heavy (non-hydrogen) atoms. The van der Waals surface area contributed by atoms with Crippen LogP contribution in [0.3, 0.4) is 0 Å². The van der Waals surface area contributed by atoms with Gasteiger partial charge in [0.05, 0.1) is 0 Å². The van der Waals surface area contributed by atoms with Crippen LogP contribution < -0.4 is 10.6 Å². The lowest BCUT2D eigenvalue weighted by molar-refractivity contribution is 0.143. The Hall–Kier alpha value is -0.810. The molecule has 0 radical (unpaired) electrons. The normalized spacial score (nSPS) is 18.2. The van der Waals surface area contributed by atoms with Crippen LogP contribution in [0.25, 0.3) is 0 Å². The summed E-state index contributed by atoms with van der Waals surface area (Å²) < 4.78 is 5.32. The largest absolute Gasteiger partial charge is 0.382 e. The molecule has 1 aliphatic rings. The van der Waals surface area contributed by atoms with E-state index in [0.29, 0.717) is 0 Å². The zero-order valence-electron chi connectivity index (χ0n) is 13.5. The smallest absolute Gasteiger partial charge is 0.190 e. The van der Waals surface area contributed by atoms with E-state index in [2.05, 4.69) is 27.6 Å². The maximum absolute atomic E-state index is 5.32. The van der Waals surface area contributed by atoms with Gasteiger partial charge in [-0.3, -0.25) is 4.99 Å². The molecule has 0 aromatic heterocycles. The number of aliphatic imine (C=N–C) groups is 1. The Balaban J connectivity index is 2.05. The molecular formula is C15H32N4O. The van der Waals surface area contributed by atoms with E-state index in [-0.39, 0.29) is 0 Å². The Labute approximate surface area is 124 Å². The molecule has 0 spiro atoms. The fraction of sp³-hybridized carbons (Fsp3) is 0.933. The van der Waals surface area contributed by atoms with E-state index in [1.165, 1.54) is 25.9 Å². The SMILES string of the molecule is CCOCCCCNC(=NC)NCC1CCN(C)CC1. The van der Waals surface area contributed by atoms with E-state index in [1.807, 2.05) is 14.0 Å². The second-order valence-corrected chi connectivity index (χ2v) is 5.53. The highest BCUT2D eigenvalue weighted by Crippen LogP contribution is 2.14. The van der Waals surface area contributed by atoms with Crippen molar-refractivity contribution in [1.29, 1.82) is 0 Å². The first kappa shape index (κ1) is 17.2. The molecule has 1 saturated heterocycles. The Morgan fingerprint density at radius 2 is 2.00 bits per heavy atom. The highest BCUT2D eigenvalue weighted by atomic mass is 16.5. The third-order valence-electron chi connectivity index (χ3n) is 3.83. The van der Waals surface area contributed by atoms with Crippen LogP contribution in [0.5, 0.6) is 0 Å². The maximum Gasteiger partial charge on any atom is 0.190 e. The van der Waals surface area contributed by atoms with Gasteiger partial charge in [0.2, 0.25) is 0 Å².